The number of aliphatic hydroxyl groups is 2. The quantitative estimate of drug-likeness (QED) is 0.725. The summed E-state index contributed by atoms with van der Waals surface area (Å²) in [6, 6.07) is 0. The summed E-state index contributed by atoms with van der Waals surface area (Å²) in [6.45, 7) is 7.32. The van der Waals surface area contributed by atoms with Gasteiger partial charge in [-0.3, -0.25) is 0 Å². The lowest BCUT2D eigenvalue weighted by molar-refractivity contribution is 0.0213. The van der Waals surface area contributed by atoms with Crippen LogP contribution in [0.2, 0.25) is 0 Å². The minimum Gasteiger partial charge on any atom is -0.396 e. The van der Waals surface area contributed by atoms with Gasteiger partial charge in [-0.25, -0.2) is 0 Å². The number of rotatable bonds is 5. The summed E-state index contributed by atoms with van der Waals surface area (Å²) in [5.41, 5.74) is 0.160. The first-order valence-corrected chi connectivity index (χ1v) is 6.17. The molecule has 0 radical (unpaired) electrons. The van der Waals surface area contributed by atoms with Crippen molar-refractivity contribution in [2.24, 2.45) is 5.41 Å². The van der Waals surface area contributed by atoms with E-state index in [1.165, 1.54) is 0 Å². The van der Waals surface area contributed by atoms with Crippen molar-refractivity contribution in [2.75, 3.05) is 26.2 Å². The molecule has 1 rings (SSSR count). The van der Waals surface area contributed by atoms with E-state index in [-0.39, 0.29) is 11.5 Å². The first-order chi connectivity index (χ1) is 7.15. The molecule has 1 aliphatic rings. The highest BCUT2D eigenvalue weighted by Gasteiger charge is 2.32. The molecule has 1 atom stereocenters. The maximum atomic E-state index is 9.56. The van der Waals surface area contributed by atoms with E-state index < -0.39 is 0 Å². The zero-order chi connectivity index (χ0) is 11.3. The summed E-state index contributed by atoms with van der Waals surface area (Å²) in [6.07, 6.45) is 3.84. The highest BCUT2D eigenvalue weighted by atomic mass is 16.3. The van der Waals surface area contributed by atoms with Crippen LogP contribution in [0.1, 0.15) is 39.5 Å². The zero-order valence-electron chi connectivity index (χ0n) is 10.1. The van der Waals surface area contributed by atoms with Crippen LogP contribution < -0.4 is 0 Å². The van der Waals surface area contributed by atoms with E-state index >= 15 is 0 Å². The number of likely N-dealkylation sites (tertiary alicyclic amines) is 1. The molecule has 0 aromatic heterocycles. The highest BCUT2D eigenvalue weighted by molar-refractivity contribution is 4.85. The third-order valence-corrected chi connectivity index (χ3v) is 3.94. The van der Waals surface area contributed by atoms with Gasteiger partial charge in [-0.1, -0.05) is 13.8 Å². The molecule has 0 unspecified atom stereocenters. The lowest BCUT2D eigenvalue weighted by Crippen LogP contribution is -2.44. The topological polar surface area (TPSA) is 43.7 Å². The van der Waals surface area contributed by atoms with Crippen LogP contribution in [0.25, 0.3) is 0 Å². The van der Waals surface area contributed by atoms with Crippen LogP contribution in [0.4, 0.5) is 0 Å². The van der Waals surface area contributed by atoms with Crippen molar-refractivity contribution in [3.63, 3.8) is 0 Å². The summed E-state index contributed by atoms with van der Waals surface area (Å²) < 4.78 is 0. The standard InChI is InChI=1S/C12H25NO2/c1-3-11(15)9-13-7-5-12(4-2,10-14)6-8-13/h11,14-15H,3-10H2,1-2H3/t11-/m1/s1. The van der Waals surface area contributed by atoms with Gasteiger partial charge in [0.2, 0.25) is 0 Å². The lowest BCUT2D eigenvalue weighted by atomic mass is 9.77. The molecule has 0 spiro atoms. The van der Waals surface area contributed by atoms with E-state index in [1.54, 1.807) is 0 Å². The van der Waals surface area contributed by atoms with Crippen molar-refractivity contribution in [2.45, 2.75) is 45.6 Å². The van der Waals surface area contributed by atoms with Crippen molar-refractivity contribution < 1.29 is 10.2 Å². The molecule has 1 fully saturated rings. The number of hydrogen-bond donors (Lipinski definition) is 2. The van der Waals surface area contributed by atoms with Crippen molar-refractivity contribution >= 4 is 0 Å². The van der Waals surface area contributed by atoms with E-state index in [4.69, 9.17) is 0 Å². The van der Waals surface area contributed by atoms with Crippen LogP contribution in [0, 0.1) is 5.41 Å². The van der Waals surface area contributed by atoms with Gasteiger partial charge in [-0.15, -0.1) is 0 Å². The molecule has 1 heterocycles. The second-order valence-corrected chi connectivity index (χ2v) is 4.87. The van der Waals surface area contributed by atoms with E-state index in [0.29, 0.717) is 6.61 Å². The Morgan fingerprint density at radius 3 is 2.27 bits per heavy atom. The third kappa shape index (κ3) is 3.44. The molecule has 3 nitrogen and oxygen atoms in total. The van der Waals surface area contributed by atoms with Crippen molar-refractivity contribution in [3.8, 4) is 0 Å². The molecule has 15 heavy (non-hydrogen) atoms. The summed E-state index contributed by atoms with van der Waals surface area (Å²) in [5.74, 6) is 0. The Labute approximate surface area is 93.1 Å². The minimum absolute atomic E-state index is 0.160. The van der Waals surface area contributed by atoms with Crippen molar-refractivity contribution in [1.82, 2.24) is 4.90 Å². The molecule has 0 aromatic carbocycles. The van der Waals surface area contributed by atoms with E-state index in [9.17, 15) is 10.2 Å². The Balaban J connectivity index is 2.35. The number of hydrogen-bond acceptors (Lipinski definition) is 3. The summed E-state index contributed by atoms with van der Waals surface area (Å²) in [7, 11) is 0. The molecular weight excluding hydrogens is 190 g/mol. The van der Waals surface area contributed by atoms with Gasteiger partial charge >= 0.3 is 0 Å². The van der Waals surface area contributed by atoms with Gasteiger partial charge in [0.25, 0.3) is 0 Å². The first-order valence-electron chi connectivity index (χ1n) is 6.17. The van der Waals surface area contributed by atoms with Gasteiger partial charge in [0.05, 0.1) is 6.10 Å². The minimum atomic E-state index is -0.187. The Kier molecular flexibility index (Phi) is 5.03. The first kappa shape index (κ1) is 12.9. The molecule has 2 N–H and O–H groups in total. The van der Waals surface area contributed by atoms with Gasteiger partial charge in [0, 0.05) is 13.2 Å². The van der Waals surface area contributed by atoms with Gasteiger partial charge in [0.1, 0.15) is 0 Å². The molecular formula is C12H25NO2. The summed E-state index contributed by atoms with van der Waals surface area (Å²) in [5, 5.41) is 19.0. The van der Waals surface area contributed by atoms with Crippen LogP contribution >= 0.6 is 0 Å². The molecule has 0 saturated carbocycles. The summed E-state index contributed by atoms with van der Waals surface area (Å²) >= 11 is 0. The molecule has 1 aliphatic heterocycles. The van der Waals surface area contributed by atoms with Crippen LogP contribution in [-0.4, -0.2) is 47.5 Å². The lowest BCUT2D eigenvalue weighted by Gasteiger charge is -2.40. The molecule has 90 valence electrons. The average molecular weight is 215 g/mol. The molecule has 0 aliphatic carbocycles. The number of piperidine rings is 1. The van der Waals surface area contributed by atoms with Crippen LogP contribution in [0.15, 0.2) is 0 Å². The largest absolute Gasteiger partial charge is 0.396 e. The second-order valence-electron chi connectivity index (χ2n) is 4.87. The normalized spacial score (nSPS) is 24.0. The smallest absolute Gasteiger partial charge is 0.0664 e. The highest BCUT2D eigenvalue weighted by Crippen LogP contribution is 2.34. The number of aliphatic hydroxyl groups excluding tert-OH is 2. The van der Waals surface area contributed by atoms with Gasteiger partial charge in [-0.2, -0.15) is 0 Å². The van der Waals surface area contributed by atoms with E-state index in [0.717, 1.165) is 45.3 Å². The Bertz CT molecular complexity index is 170. The fourth-order valence-corrected chi connectivity index (χ4v) is 2.26. The molecule has 0 aromatic rings. The molecule has 1 saturated heterocycles. The Morgan fingerprint density at radius 1 is 1.27 bits per heavy atom. The van der Waals surface area contributed by atoms with E-state index in [1.807, 2.05) is 6.92 Å². The summed E-state index contributed by atoms with van der Waals surface area (Å²) in [4.78, 5) is 2.32. The number of β-amino-alcohol motifs (C(OH)–C–C–N with tert-alkyl or cyclic N) is 1. The van der Waals surface area contributed by atoms with Gasteiger partial charge in [0.15, 0.2) is 0 Å². The van der Waals surface area contributed by atoms with Crippen LogP contribution in [0.3, 0.4) is 0 Å². The van der Waals surface area contributed by atoms with E-state index in [2.05, 4.69) is 11.8 Å². The monoisotopic (exact) mass is 215 g/mol. The van der Waals surface area contributed by atoms with Gasteiger partial charge in [-0.05, 0) is 44.2 Å². The van der Waals surface area contributed by atoms with Gasteiger partial charge < -0.3 is 15.1 Å². The average Bonchev–Trinajstić information content (AvgIpc) is 2.30. The molecule has 3 heteroatoms. The fourth-order valence-electron chi connectivity index (χ4n) is 2.26. The number of nitrogens with zero attached hydrogens (tertiary/aromatic N) is 1. The van der Waals surface area contributed by atoms with Crippen LogP contribution in [-0.2, 0) is 0 Å². The van der Waals surface area contributed by atoms with Crippen LogP contribution in [0.5, 0.6) is 0 Å². The third-order valence-electron chi connectivity index (χ3n) is 3.94. The molecule has 0 amide bonds. The predicted molar refractivity (Wildman–Crippen MR) is 61.8 cm³/mol. The Hall–Kier alpha value is -0.120. The molecule has 0 bridgehead atoms. The maximum absolute atomic E-state index is 9.56. The Morgan fingerprint density at radius 2 is 1.87 bits per heavy atom. The predicted octanol–water partition coefficient (Wildman–Crippen LogP) is 1.24. The SMILES string of the molecule is CC[C@@H](O)CN1CCC(CC)(CO)CC1. The van der Waals surface area contributed by atoms with Crippen molar-refractivity contribution in [3.05, 3.63) is 0 Å². The van der Waals surface area contributed by atoms with Crippen molar-refractivity contribution in [1.29, 1.82) is 0 Å². The maximum Gasteiger partial charge on any atom is 0.0664 e. The second kappa shape index (κ2) is 5.83. The zero-order valence-corrected chi connectivity index (χ0v) is 10.1. The fraction of sp³-hybridized carbons (Fsp3) is 1.00.